The van der Waals surface area contributed by atoms with Crippen LogP contribution in [-0.2, 0) is 24.4 Å². The molecule has 0 fully saturated rings. The number of nitrogens with one attached hydrogen (secondary N) is 2. The van der Waals surface area contributed by atoms with Gasteiger partial charge in [-0.3, -0.25) is 0 Å². The van der Waals surface area contributed by atoms with Gasteiger partial charge >= 0.3 is 6.61 Å². The lowest BCUT2D eigenvalue weighted by molar-refractivity contribution is -0.0504. The van der Waals surface area contributed by atoms with Crippen LogP contribution in [0.3, 0.4) is 0 Å². The molecule has 0 aromatic heterocycles. The number of aliphatic imine (C=N–C) groups is 1. The molecule has 0 saturated heterocycles. The monoisotopic (exact) mass is 549 g/mol. The van der Waals surface area contributed by atoms with Gasteiger partial charge in [0.1, 0.15) is 11.5 Å². The number of guanidine groups is 1. The second-order valence-corrected chi connectivity index (χ2v) is 6.35. The van der Waals surface area contributed by atoms with Crippen molar-refractivity contribution in [2.45, 2.75) is 40.2 Å². The lowest BCUT2D eigenvalue weighted by atomic mass is 10.1. The highest BCUT2D eigenvalue weighted by Gasteiger charge is 2.11. The molecule has 31 heavy (non-hydrogen) atoms. The average Bonchev–Trinajstić information content (AvgIpc) is 2.75. The standard InChI is InChI=1S/C22H29F2N3O3.HI/c1-4-25-22(26-13-16-6-8-17(9-7-16)15-29-5-2)27-14-18-12-19(28-3)10-11-20(18)30-21(23)24;/h6-12,21H,4-5,13-15H2,1-3H3,(H2,25,26,27);1H. The van der Waals surface area contributed by atoms with Crippen molar-refractivity contribution in [3.8, 4) is 11.5 Å². The maximum atomic E-state index is 12.7. The molecular weight excluding hydrogens is 519 g/mol. The van der Waals surface area contributed by atoms with E-state index in [0.717, 1.165) is 11.1 Å². The summed E-state index contributed by atoms with van der Waals surface area (Å²) in [5.74, 6) is 1.23. The Kier molecular flexibility index (Phi) is 12.8. The van der Waals surface area contributed by atoms with Crippen LogP contribution in [0.5, 0.6) is 11.5 Å². The maximum Gasteiger partial charge on any atom is 0.387 e. The zero-order valence-electron chi connectivity index (χ0n) is 18.0. The molecule has 0 bridgehead atoms. The topological polar surface area (TPSA) is 64.1 Å². The normalized spacial score (nSPS) is 11.1. The Balaban J connectivity index is 0.00000480. The van der Waals surface area contributed by atoms with Crippen molar-refractivity contribution in [2.75, 3.05) is 20.3 Å². The van der Waals surface area contributed by atoms with E-state index in [1.54, 1.807) is 12.1 Å². The van der Waals surface area contributed by atoms with Crippen molar-refractivity contribution in [3.63, 3.8) is 0 Å². The van der Waals surface area contributed by atoms with E-state index in [0.29, 0.717) is 43.6 Å². The molecule has 0 unspecified atom stereocenters. The molecule has 0 heterocycles. The Morgan fingerprint density at radius 1 is 1.03 bits per heavy atom. The van der Waals surface area contributed by atoms with Gasteiger partial charge < -0.3 is 24.8 Å². The third kappa shape index (κ3) is 9.69. The maximum absolute atomic E-state index is 12.7. The minimum absolute atomic E-state index is 0. The van der Waals surface area contributed by atoms with Crippen LogP contribution < -0.4 is 20.1 Å². The fourth-order valence-corrected chi connectivity index (χ4v) is 2.68. The highest BCUT2D eigenvalue weighted by atomic mass is 127. The van der Waals surface area contributed by atoms with Crippen molar-refractivity contribution in [1.29, 1.82) is 0 Å². The number of hydrogen-bond donors (Lipinski definition) is 2. The molecule has 0 amide bonds. The van der Waals surface area contributed by atoms with Gasteiger partial charge in [-0.05, 0) is 43.2 Å². The number of alkyl halides is 2. The molecule has 9 heteroatoms. The minimum atomic E-state index is -2.90. The molecule has 0 saturated carbocycles. The van der Waals surface area contributed by atoms with Gasteiger partial charge in [0.25, 0.3) is 0 Å². The quantitative estimate of drug-likeness (QED) is 0.242. The summed E-state index contributed by atoms with van der Waals surface area (Å²) >= 11 is 0. The fraction of sp³-hybridized carbons (Fsp3) is 0.409. The lowest BCUT2D eigenvalue weighted by Gasteiger charge is -2.15. The number of ether oxygens (including phenoxy) is 3. The number of rotatable bonds is 11. The van der Waals surface area contributed by atoms with Gasteiger partial charge in [0, 0.05) is 25.3 Å². The highest BCUT2D eigenvalue weighted by Crippen LogP contribution is 2.25. The first-order chi connectivity index (χ1) is 14.5. The molecule has 0 aliphatic rings. The van der Waals surface area contributed by atoms with Gasteiger partial charge in [0.05, 0.1) is 20.3 Å². The second kappa shape index (κ2) is 14.8. The van der Waals surface area contributed by atoms with Crippen LogP contribution in [0, 0.1) is 0 Å². The molecule has 172 valence electrons. The van der Waals surface area contributed by atoms with Crippen molar-refractivity contribution in [3.05, 3.63) is 59.2 Å². The Labute approximate surface area is 199 Å². The van der Waals surface area contributed by atoms with Crippen LogP contribution in [0.1, 0.15) is 30.5 Å². The summed E-state index contributed by atoms with van der Waals surface area (Å²) in [5, 5.41) is 6.30. The largest absolute Gasteiger partial charge is 0.497 e. The second-order valence-electron chi connectivity index (χ2n) is 6.35. The predicted molar refractivity (Wildman–Crippen MR) is 128 cm³/mol. The van der Waals surface area contributed by atoms with E-state index in [2.05, 4.69) is 20.4 Å². The molecule has 2 N–H and O–H groups in total. The Morgan fingerprint density at radius 2 is 1.74 bits per heavy atom. The third-order valence-corrected chi connectivity index (χ3v) is 4.19. The summed E-state index contributed by atoms with van der Waals surface area (Å²) < 4.78 is 40.6. The molecular formula is C22H30F2IN3O3. The zero-order valence-corrected chi connectivity index (χ0v) is 20.3. The SMILES string of the molecule is CCNC(=NCc1ccc(COCC)cc1)NCc1cc(OC)ccc1OC(F)F.I. The van der Waals surface area contributed by atoms with E-state index in [-0.39, 0.29) is 36.3 Å². The van der Waals surface area contributed by atoms with Crippen LogP contribution in [0.2, 0.25) is 0 Å². The fourth-order valence-electron chi connectivity index (χ4n) is 2.68. The first-order valence-electron chi connectivity index (χ1n) is 9.85. The molecule has 0 aliphatic heterocycles. The van der Waals surface area contributed by atoms with Crippen molar-refractivity contribution < 1.29 is 23.0 Å². The Bertz CT molecular complexity index is 805. The van der Waals surface area contributed by atoms with E-state index < -0.39 is 6.61 Å². The molecule has 0 spiro atoms. The highest BCUT2D eigenvalue weighted by molar-refractivity contribution is 14.0. The zero-order chi connectivity index (χ0) is 21.8. The van der Waals surface area contributed by atoms with Gasteiger partial charge in [0.2, 0.25) is 0 Å². The van der Waals surface area contributed by atoms with Crippen molar-refractivity contribution >= 4 is 29.9 Å². The number of nitrogens with zero attached hydrogens (tertiary/aromatic N) is 1. The summed E-state index contributed by atoms with van der Waals surface area (Å²) in [6.07, 6.45) is 0. The molecule has 0 atom stereocenters. The lowest BCUT2D eigenvalue weighted by Crippen LogP contribution is -2.36. The van der Waals surface area contributed by atoms with Gasteiger partial charge in [-0.25, -0.2) is 4.99 Å². The van der Waals surface area contributed by atoms with Crippen molar-refractivity contribution in [2.24, 2.45) is 4.99 Å². The molecule has 2 rings (SSSR count). The molecule has 6 nitrogen and oxygen atoms in total. The van der Waals surface area contributed by atoms with Crippen LogP contribution in [0.15, 0.2) is 47.5 Å². The van der Waals surface area contributed by atoms with E-state index in [9.17, 15) is 8.78 Å². The average molecular weight is 549 g/mol. The minimum Gasteiger partial charge on any atom is -0.497 e. The van der Waals surface area contributed by atoms with Crippen LogP contribution in [-0.4, -0.2) is 32.8 Å². The third-order valence-electron chi connectivity index (χ3n) is 4.19. The Morgan fingerprint density at radius 3 is 2.35 bits per heavy atom. The van der Waals surface area contributed by atoms with Gasteiger partial charge in [-0.1, -0.05) is 24.3 Å². The van der Waals surface area contributed by atoms with E-state index in [1.807, 2.05) is 38.1 Å². The summed E-state index contributed by atoms with van der Waals surface area (Å²) in [7, 11) is 1.52. The van der Waals surface area contributed by atoms with Crippen molar-refractivity contribution in [1.82, 2.24) is 10.6 Å². The summed E-state index contributed by atoms with van der Waals surface area (Å²) in [4.78, 5) is 4.57. The van der Waals surface area contributed by atoms with E-state index >= 15 is 0 Å². The Hall–Kier alpha value is -2.14. The van der Waals surface area contributed by atoms with E-state index in [4.69, 9.17) is 9.47 Å². The smallest absolute Gasteiger partial charge is 0.387 e. The number of benzene rings is 2. The molecule has 0 radical (unpaired) electrons. The number of halogens is 3. The number of methoxy groups -OCH3 is 1. The van der Waals surface area contributed by atoms with Gasteiger partial charge in [-0.15, -0.1) is 24.0 Å². The first kappa shape index (κ1) is 26.9. The van der Waals surface area contributed by atoms with E-state index in [1.165, 1.54) is 13.2 Å². The van der Waals surface area contributed by atoms with Crippen LogP contribution in [0.4, 0.5) is 8.78 Å². The van der Waals surface area contributed by atoms with Gasteiger partial charge in [0.15, 0.2) is 5.96 Å². The predicted octanol–water partition coefficient (Wildman–Crippen LogP) is 4.71. The molecule has 2 aromatic rings. The summed E-state index contributed by atoms with van der Waals surface area (Å²) in [5.41, 5.74) is 2.70. The van der Waals surface area contributed by atoms with Crippen LogP contribution >= 0.6 is 24.0 Å². The summed E-state index contributed by atoms with van der Waals surface area (Å²) in [6.45, 7) is 3.68. The molecule has 2 aromatic carbocycles. The molecule has 0 aliphatic carbocycles. The summed E-state index contributed by atoms with van der Waals surface area (Å²) in [6, 6.07) is 12.8. The van der Waals surface area contributed by atoms with Crippen LogP contribution in [0.25, 0.3) is 0 Å². The number of hydrogen-bond acceptors (Lipinski definition) is 4. The first-order valence-corrected chi connectivity index (χ1v) is 9.85. The van der Waals surface area contributed by atoms with Gasteiger partial charge in [-0.2, -0.15) is 8.78 Å².